The van der Waals surface area contributed by atoms with Crippen LogP contribution in [0.5, 0.6) is 11.5 Å². The van der Waals surface area contributed by atoms with E-state index in [1.165, 1.54) is 11.1 Å². The van der Waals surface area contributed by atoms with E-state index >= 15 is 0 Å². The summed E-state index contributed by atoms with van der Waals surface area (Å²) in [6.45, 7) is 7.16. The first kappa shape index (κ1) is 23.3. The molecule has 5 nitrogen and oxygen atoms in total. The maximum atomic E-state index is 12.6. The second-order valence-electron chi connectivity index (χ2n) is 9.67. The van der Waals surface area contributed by atoms with E-state index in [2.05, 4.69) is 55.3 Å². The van der Waals surface area contributed by atoms with Crippen molar-refractivity contribution < 1.29 is 14.3 Å². The Kier molecular flexibility index (Phi) is 5.76. The van der Waals surface area contributed by atoms with E-state index < -0.39 is 5.66 Å². The van der Waals surface area contributed by atoms with Crippen LogP contribution in [-0.4, -0.2) is 25.2 Å². The van der Waals surface area contributed by atoms with Gasteiger partial charge in [-0.15, -0.1) is 0 Å². The molecule has 6 heteroatoms. The first-order valence-corrected chi connectivity index (χ1v) is 12.1. The number of carbonyl (C=O) groups excluding carboxylic acids is 1. The smallest absolute Gasteiger partial charge is 0.241 e. The maximum absolute atomic E-state index is 12.6. The summed E-state index contributed by atoms with van der Waals surface area (Å²) in [5.74, 6) is 1.30. The van der Waals surface area contributed by atoms with E-state index in [1.807, 2.05) is 48.5 Å². The van der Waals surface area contributed by atoms with Crippen LogP contribution in [0, 0.1) is 6.92 Å². The van der Waals surface area contributed by atoms with Gasteiger partial charge in [0.1, 0.15) is 12.3 Å². The Morgan fingerprint density at radius 2 is 1.89 bits per heavy atom. The van der Waals surface area contributed by atoms with Gasteiger partial charge in [-0.25, -0.2) is 0 Å². The normalized spacial score (nSPS) is 20.0. The monoisotopic (exact) mass is 488 g/mol. The molecule has 1 atom stereocenters. The summed E-state index contributed by atoms with van der Waals surface area (Å²) in [5.41, 5.74) is 4.44. The summed E-state index contributed by atoms with van der Waals surface area (Å²) in [5, 5.41) is 3.94. The number of hydrogen-bond donors (Lipinski definition) is 1. The number of amides is 1. The third-order valence-corrected chi connectivity index (χ3v) is 7.54. The molecule has 0 aromatic heterocycles. The number of aryl methyl sites for hydroxylation is 1. The van der Waals surface area contributed by atoms with Gasteiger partial charge >= 0.3 is 0 Å². The van der Waals surface area contributed by atoms with Crippen molar-refractivity contribution in [1.29, 1.82) is 0 Å². The molecule has 0 saturated carbocycles. The summed E-state index contributed by atoms with van der Waals surface area (Å²) in [7, 11) is 1.63. The minimum atomic E-state index is -0.646. The minimum absolute atomic E-state index is 0.0230. The molecule has 0 bridgehead atoms. The van der Waals surface area contributed by atoms with Crippen molar-refractivity contribution in [1.82, 2.24) is 5.32 Å². The number of hydrogen-bond acceptors (Lipinski definition) is 4. The molecule has 180 valence electrons. The van der Waals surface area contributed by atoms with Gasteiger partial charge < -0.3 is 19.7 Å². The molecular formula is C29H29ClN2O3. The SMILES string of the molecule is COc1cc(/C=C/[C@@]23NC(=O)CN2c2ccc(C)cc2C3(C)C)ccc1OCc1ccccc1Cl. The van der Waals surface area contributed by atoms with Crippen molar-refractivity contribution in [2.45, 2.75) is 38.5 Å². The van der Waals surface area contributed by atoms with E-state index in [0.29, 0.717) is 29.7 Å². The van der Waals surface area contributed by atoms with Gasteiger partial charge in [-0.3, -0.25) is 4.79 Å². The molecule has 1 amide bonds. The lowest BCUT2D eigenvalue weighted by Crippen LogP contribution is -2.58. The zero-order valence-electron chi connectivity index (χ0n) is 20.4. The van der Waals surface area contributed by atoms with E-state index in [9.17, 15) is 4.79 Å². The van der Waals surface area contributed by atoms with Gasteiger partial charge in [0.05, 0.1) is 13.7 Å². The van der Waals surface area contributed by atoms with Gasteiger partial charge in [-0.05, 0) is 48.4 Å². The number of halogens is 1. The van der Waals surface area contributed by atoms with Crippen molar-refractivity contribution in [3.05, 3.63) is 94.0 Å². The highest BCUT2D eigenvalue weighted by Gasteiger charge is 2.59. The largest absolute Gasteiger partial charge is 0.493 e. The Labute approximate surface area is 211 Å². The van der Waals surface area contributed by atoms with E-state index in [4.69, 9.17) is 21.1 Å². The lowest BCUT2D eigenvalue weighted by Gasteiger charge is -2.40. The van der Waals surface area contributed by atoms with E-state index in [1.54, 1.807) is 7.11 Å². The average Bonchev–Trinajstić information content (AvgIpc) is 3.27. The van der Waals surface area contributed by atoms with Crippen molar-refractivity contribution in [2.75, 3.05) is 18.6 Å². The summed E-state index contributed by atoms with van der Waals surface area (Å²) in [6.07, 6.45) is 4.14. The van der Waals surface area contributed by atoms with E-state index in [-0.39, 0.29) is 11.3 Å². The molecule has 1 fully saturated rings. The first-order valence-electron chi connectivity index (χ1n) is 11.7. The Hall–Kier alpha value is -3.44. The minimum Gasteiger partial charge on any atom is -0.493 e. The molecule has 2 heterocycles. The van der Waals surface area contributed by atoms with Crippen LogP contribution in [0.15, 0.2) is 66.7 Å². The molecule has 5 rings (SSSR count). The summed E-state index contributed by atoms with van der Waals surface area (Å²) in [4.78, 5) is 14.7. The number of methoxy groups -OCH3 is 1. The van der Waals surface area contributed by atoms with Gasteiger partial charge in [0, 0.05) is 21.7 Å². The maximum Gasteiger partial charge on any atom is 0.241 e. The van der Waals surface area contributed by atoms with Crippen LogP contribution in [0.1, 0.15) is 36.1 Å². The molecule has 1 saturated heterocycles. The molecule has 0 spiro atoms. The third kappa shape index (κ3) is 3.84. The molecule has 3 aromatic carbocycles. The van der Waals surface area contributed by atoms with Gasteiger partial charge in [0.15, 0.2) is 11.5 Å². The number of nitrogens with zero attached hydrogens (tertiary/aromatic N) is 1. The van der Waals surface area contributed by atoms with E-state index in [0.717, 1.165) is 16.8 Å². The highest BCUT2D eigenvalue weighted by molar-refractivity contribution is 6.31. The van der Waals surface area contributed by atoms with Gasteiger partial charge in [-0.1, -0.05) is 73.5 Å². The second kappa shape index (κ2) is 8.65. The molecule has 35 heavy (non-hydrogen) atoms. The van der Waals surface area contributed by atoms with Gasteiger partial charge in [0.25, 0.3) is 0 Å². The van der Waals surface area contributed by atoms with Crippen LogP contribution in [0.25, 0.3) is 6.08 Å². The van der Waals surface area contributed by atoms with Crippen molar-refractivity contribution in [2.24, 2.45) is 0 Å². The molecular weight excluding hydrogens is 460 g/mol. The van der Waals surface area contributed by atoms with Gasteiger partial charge in [-0.2, -0.15) is 0 Å². The molecule has 0 radical (unpaired) electrons. The Morgan fingerprint density at radius 3 is 2.66 bits per heavy atom. The van der Waals surface area contributed by atoms with Gasteiger partial charge in [0.2, 0.25) is 5.91 Å². The topological polar surface area (TPSA) is 50.8 Å². The van der Waals surface area contributed by atoms with Crippen LogP contribution < -0.4 is 19.7 Å². The number of nitrogens with one attached hydrogen (secondary N) is 1. The fraction of sp³-hybridized carbons (Fsp3) is 0.276. The zero-order chi connectivity index (χ0) is 24.8. The predicted octanol–water partition coefficient (Wildman–Crippen LogP) is 5.87. The number of carbonyl (C=O) groups is 1. The number of ether oxygens (including phenoxy) is 2. The fourth-order valence-corrected chi connectivity index (χ4v) is 5.37. The number of rotatable bonds is 6. The van der Waals surface area contributed by atoms with Crippen molar-refractivity contribution >= 4 is 29.3 Å². The Balaban J connectivity index is 1.44. The molecule has 2 aliphatic heterocycles. The van der Waals surface area contributed by atoms with Crippen LogP contribution in [-0.2, 0) is 16.8 Å². The Bertz CT molecular complexity index is 1330. The standard InChI is InChI=1S/C29H29ClN2O3/c1-19-9-11-24-22(15-19)28(2,3)29(31-27(33)17-32(24)29)14-13-20-10-12-25(26(16-20)34-4)35-18-21-7-5-6-8-23(21)30/h5-16H,17-18H2,1-4H3,(H,31,33)/b14-13+/t29-/m1/s1. The summed E-state index contributed by atoms with van der Waals surface area (Å²) >= 11 is 6.26. The number of benzene rings is 3. The van der Waals surface area contributed by atoms with Crippen LogP contribution in [0.3, 0.4) is 0 Å². The quantitative estimate of drug-likeness (QED) is 0.471. The Morgan fingerprint density at radius 1 is 1.09 bits per heavy atom. The van der Waals surface area contributed by atoms with Crippen LogP contribution in [0.4, 0.5) is 5.69 Å². The number of fused-ring (bicyclic) bond motifs is 3. The predicted molar refractivity (Wildman–Crippen MR) is 140 cm³/mol. The highest BCUT2D eigenvalue weighted by atomic mass is 35.5. The lowest BCUT2D eigenvalue weighted by molar-refractivity contribution is -0.118. The summed E-state index contributed by atoms with van der Waals surface area (Å²) in [6, 6.07) is 19.9. The fourth-order valence-electron chi connectivity index (χ4n) is 5.18. The van der Waals surface area contributed by atoms with Crippen molar-refractivity contribution in [3.8, 4) is 11.5 Å². The molecule has 1 N–H and O–H groups in total. The average molecular weight is 489 g/mol. The number of anilines is 1. The first-order chi connectivity index (χ1) is 16.7. The molecule has 0 unspecified atom stereocenters. The van der Waals surface area contributed by atoms with Crippen molar-refractivity contribution in [3.63, 3.8) is 0 Å². The zero-order valence-corrected chi connectivity index (χ0v) is 21.1. The molecule has 2 aliphatic rings. The van der Waals surface area contributed by atoms with Crippen LogP contribution in [0.2, 0.25) is 5.02 Å². The molecule has 3 aromatic rings. The lowest BCUT2D eigenvalue weighted by atomic mass is 9.75. The van der Waals surface area contributed by atoms with Crippen LogP contribution >= 0.6 is 11.6 Å². The summed E-state index contributed by atoms with van der Waals surface area (Å²) < 4.78 is 11.6. The molecule has 0 aliphatic carbocycles. The third-order valence-electron chi connectivity index (χ3n) is 7.17. The highest BCUT2D eigenvalue weighted by Crippen LogP contribution is 2.53. The second-order valence-corrected chi connectivity index (χ2v) is 10.1.